The van der Waals surface area contributed by atoms with Crippen LogP contribution in [0.25, 0.3) is 0 Å². The maximum absolute atomic E-state index is 12.6. The second-order valence-electron chi connectivity index (χ2n) is 5.59. The van der Waals surface area contributed by atoms with Crippen LogP contribution >= 0.6 is 11.8 Å². The quantitative estimate of drug-likeness (QED) is 0.819. The lowest BCUT2D eigenvalue weighted by Crippen LogP contribution is -2.23. The lowest BCUT2D eigenvalue weighted by Gasteiger charge is -2.12. The van der Waals surface area contributed by atoms with E-state index in [1.165, 1.54) is 11.8 Å². The number of hydrogen-bond acceptors (Lipinski definition) is 4. The van der Waals surface area contributed by atoms with Crippen molar-refractivity contribution in [2.24, 2.45) is 5.73 Å². The Morgan fingerprint density at radius 1 is 1.17 bits per heavy atom. The Hall–Kier alpha value is -2.31. The lowest BCUT2D eigenvalue weighted by molar-refractivity contribution is -0.117. The van der Waals surface area contributed by atoms with E-state index in [4.69, 9.17) is 10.5 Å². The van der Waals surface area contributed by atoms with Crippen molar-refractivity contribution in [3.8, 4) is 0 Å². The number of amides is 2. The molecule has 1 aliphatic heterocycles. The van der Waals surface area contributed by atoms with Crippen LogP contribution in [0.3, 0.4) is 0 Å². The minimum absolute atomic E-state index is 0.214. The SMILES string of the molecule is C[C@H](Sc1ccccc1C(=O)Nc1ccc2c(c1)COC2)C(N)=O. The van der Waals surface area contributed by atoms with Gasteiger partial charge in [-0.05, 0) is 42.3 Å². The molecule has 0 fully saturated rings. The second kappa shape index (κ2) is 7.07. The van der Waals surface area contributed by atoms with E-state index in [0.717, 1.165) is 21.7 Å². The fourth-order valence-electron chi connectivity index (χ4n) is 2.45. The number of rotatable bonds is 5. The molecule has 3 rings (SSSR count). The minimum atomic E-state index is -0.408. The zero-order chi connectivity index (χ0) is 17.1. The number of carbonyl (C=O) groups is 2. The highest BCUT2D eigenvalue weighted by Crippen LogP contribution is 2.28. The third-order valence-corrected chi connectivity index (χ3v) is 5.01. The highest BCUT2D eigenvalue weighted by Gasteiger charge is 2.18. The van der Waals surface area contributed by atoms with Crippen molar-refractivity contribution in [2.45, 2.75) is 30.3 Å². The maximum atomic E-state index is 12.6. The minimum Gasteiger partial charge on any atom is -0.372 e. The summed E-state index contributed by atoms with van der Waals surface area (Å²) in [5.74, 6) is -0.623. The number of carbonyl (C=O) groups excluding carboxylic acids is 2. The molecule has 5 nitrogen and oxygen atoms in total. The molecule has 0 spiro atoms. The van der Waals surface area contributed by atoms with Gasteiger partial charge in [-0.2, -0.15) is 0 Å². The van der Waals surface area contributed by atoms with Crippen molar-refractivity contribution >= 4 is 29.3 Å². The van der Waals surface area contributed by atoms with Crippen molar-refractivity contribution < 1.29 is 14.3 Å². The molecule has 2 aromatic carbocycles. The second-order valence-corrected chi connectivity index (χ2v) is 6.97. The normalized spacial score (nSPS) is 14.0. The maximum Gasteiger partial charge on any atom is 0.256 e. The van der Waals surface area contributed by atoms with Gasteiger partial charge in [0.1, 0.15) is 0 Å². The van der Waals surface area contributed by atoms with Crippen LogP contribution in [0.15, 0.2) is 47.4 Å². The van der Waals surface area contributed by atoms with Crippen molar-refractivity contribution in [2.75, 3.05) is 5.32 Å². The van der Waals surface area contributed by atoms with Gasteiger partial charge in [-0.3, -0.25) is 9.59 Å². The monoisotopic (exact) mass is 342 g/mol. The van der Waals surface area contributed by atoms with Crippen LogP contribution in [0, 0.1) is 0 Å². The van der Waals surface area contributed by atoms with Gasteiger partial charge >= 0.3 is 0 Å². The van der Waals surface area contributed by atoms with E-state index in [9.17, 15) is 9.59 Å². The standard InChI is InChI=1S/C18H18N2O3S/c1-11(17(19)21)24-16-5-3-2-4-15(16)18(22)20-14-7-6-12-9-23-10-13(12)8-14/h2-8,11H,9-10H2,1H3,(H2,19,21)(H,20,22)/t11-/m0/s1. The first-order valence-corrected chi connectivity index (χ1v) is 8.48. The van der Waals surface area contributed by atoms with Crippen LogP contribution in [-0.2, 0) is 22.7 Å². The molecule has 0 aromatic heterocycles. The Balaban J connectivity index is 1.79. The van der Waals surface area contributed by atoms with Crippen LogP contribution in [0.1, 0.15) is 28.4 Å². The summed E-state index contributed by atoms with van der Waals surface area (Å²) >= 11 is 1.28. The first-order chi connectivity index (χ1) is 11.5. The van der Waals surface area contributed by atoms with Gasteiger partial charge in [0.25, 0.3) is 5.91 Å². The first-order valence-electron chi connectivity index (χ1n) is 7.60. The smallest absolute Gasteiger partial charge is 0.256 e. The van der Waals surface area contributed by atoms with Gasteiger partial charge in [-0.1, -0.05) is 18.2 Å². The van der Waals surface area contributed by atoms with E-state index >= 15 is 0 Å². The number of ether oxygens (including phenoxy) is 1. The Morgan fingerprint density at radius 3 is 2.71 bits per heavy atom. The van der Waals surface area contributed by atoms with Gasteiger partial charge in [0.05, 0.1) is 24.0 Å². The molecule has 24 heavy (non-hydrogen) atoms. The predicted octanol–water partition coefficient (Wildman–Crippen LogP) is 2.94. The molecule has 6 heteroatoms. The average molecular weight is 342 g/mol. The Bertz CT molecular complexity index is 792. The highest BCUT2D eigenvalue weighted by atomic mass is 32.2. The molecule has 2 amide bonds. The predicted molar refractivity (Wildman–Crippen MR) is 93.8 cm³/mol. The summed E-state index contributed by atoms with van der Waals surface area (Å²) in [5, 5.41) is 2.50. The highest BCUT2D eigenvalue weighted by molar-refractivity contribution is 8.00. The first kappa shape index (κ1) is 16.5. The molecule has 0 saturated carbocycles. The van der Waals surface area contributed by atoms with E-state index in [2.05, 4.69) is 5.32 Å². The van der Waals surface area contributed by atoms with Gasteiger partial charge in [-0.25, -0.2) is 0 Å². The van der Waals surface area contributed by atoms with Gasteiger partial charge < -0.3 is 15.8 Å². The number of primary amides is 1. The number of fused-ring (bicyclic) bond motifs is 1. The Labute approximate surface area is 144 Å². The van der Waals surface area contributed by atoms with E-state index in [1.807, 2.05) is 30.3 Å². The summed E-state index contributed by atoms with van der Waals surface area (Å²) in [5.41, 5.74) is 8.81. The molecule has 0 aliphatic carbocycles. The number of nitrogens with one attached hydrogen (secondary N) is 1. The van der Waals surface area contributed by atoms with Crippen molar-refractivity contribution in [1.29, 1.82) is 0 Å². The summed E-state index contributed by atoms with van der Waals surface area (Å²) in [7, 11) is 0. The summed E-state index contributed by atoms with van der Waals surface area (Å²) < 4.78 is 5.38. The molecule has 1 atom stereocenters. The van der Waals surface area contributed by atoms with E-state index < -0.39 is 11.2 Å². The summed E-state index contributed by atoms with van der Waals surface area (Å²) in [6, 6.07) is 12.9. The third-order valence-electron chi connectivity index (χ3n) is 3.82. The van der Waals surface area contributed by atoms with Crippen molar-refractivity contribution in [3.63, 3.8) is 0 Å². The topological polar surface area (TPSA) is 81.4 Å². The van der Waals surface area contributed by atoms with E-state index in [1.54, 1.807) is 19.1 Å². The molecular weight excluding hydrogens is 324 g/mol. The zero-order valence-corrected chi connectivity index (χ0v) is 14.1. The zero-order valence-electron chi connectivity index (χ0n) is 13.2. The molecule has 1 aliphatic rings. The lowest BCUT2D eigenvalue weighted by atomic mass is 10.1. The van der Waals surface area contributed by atoms with Crippen molar-refractivity contribution in [3.05, 3.63) is 59.2 Å². The van der Waals surface area contributed by atoms with Gasteiger partial charge in [0.15, 0.2) is 0 Å². The van der Waals surface area contributed by atoms with Crippen LogP contribution in [-0.4, -0.2) is 17.1 Å². The summed E-state index contributed by atoms with van der Waals surface area (Å²) in [6.45, 7) is 2.91. The summed E-state index contributed by atoms with van der Waals surface area (Å²) in [4.78, 5) is 24.6. The fourth-order valence-corrected chi connectivity index (χ4v) is 3.40. The van der Waals surface area contributed by atoms with Gasteiger partial charge in [-0.15, -0.1) is 11.8 Å². The molecule has 124 valence electrons. The molecule has 3 N–H and O–H groups in total. The average Bonchev–Trinajstić information content (AvgIpc) is 3.02. The number of nitrogens with two attached hydrogens (primary N) is 1. The Morgan fingerprint density at radius 2 is 1.92 bits per heavy atom. The molecule has 1 heterocycles. The van der Waals surface area contributed by atoms with Crippen LogP contribution in [0.5, 0.6) is 0 Å². The van der Waals surface area contributed by atoms with Crippen LogP contribution in [0.4, 0.5) is 5.69 Å². The molecule has 2 aromatic rings. The molecular formula is C18H18N2O3S. The largest absolute Gasteiger partial charge is 0.372 e. The Kier molecular flexibility index (Phi) is 4.87. The molecule has 0 saturated heterocycles. The van der Waals surface area contributed by atoms with E-state index in [-0.39, 0.29) is 5.91 Å². The number of anilines is 1. The number of benzene rings is 2. The van der Waals surface area contributed by atoms with Crippen LogP contribution < -0.4 is 11.1 Å². The van der Waals surface area contributed by atoms with E-state index in [0.29, 0.717) is 18.8 Å². The van der Waals surface area contributed by atoms with Crippen molar-refractivity contribution in [1.82, 2.24) is 0 Å². The molecule has 0 unspecified atom stereocenters. The van der Waals surface area contributed by atoms with Gasteiger partial charge in [0, 0.05) is 10.6 Å². The third kappa shape index (κ3) is 3.60. The number of hydrogen-bond donors (Lipinski definition) is 2. The molecule has 0 bridgehead atoms. The van der Waals surface area contributed by atoms with Gasteiger partial charge in [0.2, 0.25) is 5.91 Å². The summed E-state index contributed by atoms with van der Waals surface area (Å²) in [6.07, 6.45) is 0. The van der Waals surface area contributed by atoms with Crippen LogP contribution in [0.2, 0.25) is 0 Å². The number of thioether (sulfide) groups is 1. The fraction of sp³-hybridized carbons (Fsp3) is 0.222. The molecule has 0 radical (unpaired) electrons.